The van der Waals surface area contributed by atoms with Crippen molar-refractivity contribution in [3.05, 3.63) is 71.8 Å². The standard InChI is InChI=1S/C23H31N3O5S/c1-25(32(3,29)30)18-21(27)26(17-19-11-6-4-7-12-19)22(20-13-8-5-9-14-20)23(28)24-15-10-16-31-2/h4-9,11-14,22H,10,15-18H2,1-3H3,(H,24,28)/t22-/m0/s1. The lowest BCUT2D eigenvalue weighted by molar-refractivity contribution is -0.141. The van der Waals surface area contributed by atoms with E-state index < -0.39 is 22.0 Å². The normalized spacial score (nSPS) is 12.4. The van der Waals surface area contributed by atoms with Crippen molar-refractivity contribution in [2.24, 2.45) is 0 Å². The number of carbonyl (C=O) groups is 2. The molecule has 32 heavy (non-hydrogen) atoms. The highest BCUT2D eigenvalue weighted by molar-refractivity contribution is 7.88. The van der Waals surface area contributed by atoms with Gasteiger partial charge in [-0.15, -0.1) is 0 Å². The molecular formula is C23H31N3O5S. The lowest BCUT2D eigenvalue weighted by Crippen LogP contribution is -2.47. The van der Waals surface area contributed by atoms with Crippen molar-refractivity contribution in [2.75, 3.05) is 40.1 Å². The highest BCUT2D eigenvalue weighted by atomic mass is 32.2. The molecule has 0 unspecified atom stereocenters. The van der Waals surface area contributed by atoms with Crippen molar-refractivity contribution in [2.45, 2.75) is 19.0 Å². The van der Waals surface area contributed by atoms with E-state index in [9.17, 15) is 18.0 Å². The van der Waals surface area contributed by atoms with E-state index in [2.05, 4.69) is 5.32 Å². The predicted molar refractivity (Wildman–Crippen MR) is 123 cm³/mol. The molecule has 1 N–H and O–H groups in total. The Hall–Kier alpha value is -2.75. The summed E-state index contributed by atoms with van der Waals surface area (Å²) in [5, 5.41) is 2.88. The number of rotatable bonds is 12. The molecule has 9 heteroatoms. The van der Waals surface area contributed by atoms with Crippen molar-refractivity contribution >= 4 is 21.8 Å². The van der Waals surface area contributed by atoms with Crippen molar-refractivity contribution in [1.29, 1.82) is 0 Å². The summed E-state index contributed by atoms with van der Waals surface area (Å²) in [6.07, 6.45) is 1.67. The van der Waals surface area contributed by atoms with Gasteiger partial charge < -0.3 is 15.0 Å². The summed E-state index contributed by atoms with van der Waals surface area (Å²) in [6.45, 7) is 0.684. The number of ether oxygens (including phenoxy) is 1. The molecular weight excluding hydrogens is 430 g/mol. The van der Waals surface area contributed by atoms with Crippen LogP contribution in [0, 0.1) is 0 Å². The second-order valence-electron chi connectivity index (χ2n) is 7.48. The second-order valence-corrected chi connectivity index (χ2v) is 9.57. The number of carbonyl (C=O) groups excluding carboxylic acids is 2. The molecule has 0 fully saturated rings. The van der Waals surface area contributed by atoms with Crippen molar-refractivity contribution in [3.8, 4) is 0 Å². The SMILES string of the molecule is COCCCNC(=O)[C@H](c1ccccc1)N(Cc1ccccc1)C(=O)CN(C)S(C)(=O)=O. The fraction of sp³-hybridized carbons (Fsp3) is 0.391. The molecule has 2 aromatic rings. The van der Waals surface area contributed by atoms with Crippen LogP contribution in [0.25, 0.3) is 0 Å². The fourth-order valence-corrected chi connectivity index (χ4v) is 3.48. The van der Waals surface area contributed by atoms with Crippen LogP contribution in [0.2, 0.25) is 0 Å². The lowest BCUT2D eigenvalue weighted by Gasteiger charge is -2.32. The molecule has 0 bridgehead atoms. The van der Waals surface area contributed by atoms with Gasteiger partial charge in [-0.1, -0.05) is 60.7 Å². The van der Waals surface area contributed by atoms with Crippen LogP contribution < -0.4 is 5.32 Å². The molecule has 0 radical (unpaired) electrons. The number of sulfonamides is 1. The summed E-state index contributed by atoms with van der Waals surface area (Å²) in [7, 11) is -0.630. The Morgan fingerprint density at radius 1 is 1.03 bits per heavy atom. The van der Waals surface area contributed by atoms with E-state index in [1.165, 1.54) is 11.9 Å². The van der Waals surface area contributed by atoms with E-state index in [4.69, 9.17) is 4.74 Å². The van der Waals surface area contributed by atoms with Crippen LogP contribution >= 0.6 is 0 Å². The maximum atomic E-state index is 13.3. The van der Waals surface area contributed by atoms with Gasteiger partial charge in [0, 0.05) is 33.9 Å². The first kappa shape index (κ1) is 25.5. The number of likely N-dealkylation sites (N-methyl/N-ethyl adjacent to an activating group) is 1. The minimum atomic E-state index is -3.56. The highest BCUT2D eigenvalue weighted by Gasteiger charge is 2.32. The van der Waals surface area contributed by atoms with Crippen molar-refractivity contribution < 1.29 is 22.7 Å². The van der Waals surface area contributed by atoms with E-state index >= 15 is 0 Å². The maximum absolute atomic E-state index is 13.3. The van der Waals surface area contributed by atoms with E-state index in [1.807, 2.05) is 36.4 Å². The quantitative estimate of drug-likeness (QED) is 0.486. The van der Waals surface area contributed by atoms with Crippen LogP contribution in [0.15, 0.2) is 60.7 Å². The zero-order chi connectivity index (χ0) is 23.6. The summed E-state index contributed by atoms with van der Waals surface area (Å²) in [4.78, 5) is 28.0. The Labute approximate surface area is 190 Å². The topological polar surface area (TPSA) is 96.0 Å². The number of nitrogens with zero attached hydrogens (tertiary/aromatic N) is 2. The van der Waals surface area contributed by atoms with Gasteiger partial charge in [0.2, 0.25) is 21.8 Å². The van der Waals surface area contributed by atoms with Crippen LogP contribution in [-0.4, -0.2) is 69.5 Å². The summed E-state index contributed by atoms with van der Waals surface area (Å²) < 4.78 is 29.8. The number of methoxy groups -OCH3 is 1. The Balaban J connectivity index is 2.40. The predicted octanol–water partition coefficient (Wildman–Crippen LogP) is 1.80. The summed E-state index contributed by atoms with van der Waals surface area (Å²) in [5.74, 6) is -0.804. The number of hydrogen-bond donors (Lipinski definition) is 1. The van der Waals surface area contributed by atoms with Crippen LogP contribution in [-0.2, 0) is 30.9 Å². The molecule has 0 saturated heterocycles. The van der Waals surface area contributed by atoms with Crippen LogP contribution in [0.1, 0.15) is 23.6 Å². The van der Waals surface area contributed by atoms with Gasteiger partial charge in [-0.2, -0.15) is 4.31 Å². The lowest BCUT2D eigenvalue weighted by atomic mass is 10.0. The van der Waals surface area contributed by atoms with Crippen molar-refractivity contribution in [1.82, 2.24) is 14.5 Å². The number of nitrogens with one attached hydrogen (secondary N) is 1. The Bertz CT molecular complexity index is 968. The molecule has 0 aliphatic heterocycles. The summed E-state index contributed by atoms with van der Waals surface area (Å²) >= 11 is 0. The van der Waals surface area contributed by atoms with Gasteiger partial charge in [-0.25, -0.2) is 8.42 Å². The Morgan fingerprint density at radius 2 is 1.62 bits per heavy atom. The summed E-state index contributed by atoms with van der Waals surface area (Å²) in [6, 6.07) is 17.4. The Morgan fingerprint density at radius 3 is 2.19 bits per heavy atom. The third-order valence-corrected chi connectivity index (χ3v) is 6.20. The molecule has 0 heterocycles. The first-order valence-corrected chi connectivity index (χ1v) is 12.1. The largest absolute Gasteiger partial charge is 0.385 e. The molecule has 2 aromatic carbocycles. The first-order valence-electron chi connectivity index (χ1n) is 10.3. The van der Waals surface area contributed by atoms with Gasteiger partial charge in [-0.3, -0.25) is 9.59 Å². The third-order valence-electron chi connectivity index (χ3n) is 4.94. The molecule has 0 aliphatic rings. The van der Waals surface area contributed by atoms with E-state index in [1.54, 1.807) is 31.4 Å². The van der Waals surface area contributed by atoms with E-state index in [0.717, 1.165) is 16.1 Å². The smallest absolute Gasteiger partial charge is 0.247 e. The second kappa shape index (κ2) is 12.3. The van der Waals surface area contributed by atoms with E-state index in [-0.39, 0.29) is 19.0 Å². The minimum absolute atomic E-state index is 0.155. The van der Waals surface area contributed by atoms with E-state index in [0.29, 0.717) is 25.1 Å². The number of benzene rings is 2. The number of amides is 2. The van der Waals surface area contributed by atoms with Crippen LogP contribution in [0.4, 0.5) is 0 Å². The molecule has 0 spiro atoms. The monoisotopic (exact) mass is 461 g/mol. The highest BCUT2D eigenvalue weighted by Crippen LogP contribution is 2.24. The molecule has 1 atom stereocenters. The molecule has 0 aliphatic carbocycles. The molecule has 8 nitrogen and oxygen atoms in total. The zero-order valence-corrected chi connectivity index (χ0v) is 19.5. The molecule has 0 saturated carbocycles. The zero-order valence-electron chi connectivity index (χ0n) is 18.7. The first-order chi connectivity index (χ1) is 15.2. The maximum Gasteiger partial charge on any atom is 0.247 e. The number of hydrogen-bond acceptors (Lipinski definition) is 5. The Kier molecular flexibility index (Phi) is 9.83. The van der Waals surface area contributed by atoms with Crippen LogP contribution in [0.5, 0.6) is 0 Å². The average molecular weight is 462 g/mol. The van der Waals surface area contributed by atoms with Gasteiger partial charge in [-0.05, 0) is 17.5 Å². The molecule has 0 aromatic heterocycles. The van der Waals surface area contributed by atoms with Gasteiger partial charge in [0.25, 0.3) is 0 Å². The fourth-order valence-electron chi connectivity index (χ4n) is 3.14. The molecule has 2 amide bonds. The summed E-state index contributed by atoms with van der Waals surface area (Å²) in [5.41, 5.74) is 1.47. The minimum Gasteiger partial charge on any atom is -0.385 e. The van der Waals surface area contributed by atoms with Crippen LogP contribution in [0.3, 0.4) is 0 Å². The molecule has 174 valence electrons. The van der Waals surface area contributed by atoms with Gasteiger partial charge in [0.15, 0.2) is 0 Å². The van der Waals surface area contributed by atoms with Gasteiger partial charge in [0.1, 0.15) is 6.04 Å². The molecule has 2 rings (SSSR count). The average Bonchev–Trinajstić information content (AvgIpc) is 2.77. The van der Waals surface area contributed by atoms with Gasteiger partial charge >= 0.3 is 0 Å². The van der Waals surface area contributed by atoms with Gasteiger partial charge in [0.05, 0.1) is 12.8 Å². The third kappa shape index (κ3) is 7.74. The van der Waals surface area contributed by atoms with Crippen molar-refractivity contribution in [3.63, 3.8) is 0 Å².